The van der Waals surface area contributed by atoms with Gasteiger partial charge in [-0.1, -0.05) is 6.42 Å². The summed E-state index contributed by atoms with van der Waals surface area (Å²) in [4.78, 5) is 23.2. The SMILES string of the molecule is CCN(CCCN1CCCCC1)c1cc(C)nc(Nc2ccc(OC)cc2)n1.O=C(O)C(F)(F)F. The molecule has 2 N–H and O–H groups in total. The maximum absolute atomic E-state index is 10.6. The number of hydrogen-bond donors (Lipinski definition) is 2. The Labute approximate surface area is 204 Å². The van der Waals surface area contributed by atoms with Gasteiger partial charge < -0.3 is 25.0 Å². The zero-order valence-electron chi connectivity index (χ0n) is 20.4. The molecule has 0 spiro atoms. The number of aliphatic carboxylic acids is 1. The lowest BCUT2D eigenvalue weighted by Crippen LogP contribution is -2.33. The molecule has 1 saturated heterocycles. The van der Waals surface area contributed by atoms with Crippen molar-refractivity contribution in [3.8, 4) is 5.75 Å². The van der Waals surface area contributed by atoms with Crippen molar-refractivity contribution in [2.45, 2.75) is 45.7 Å². The van der Waals surface area contributed by atoms with Gasteiger partial charge >= 0.3 is 12.1 Å². The molecular formula is C24H34F3N5O3. The molecule has 1 aliphatic heterocycles. The van der Waals surface area contributed by atoms with Crippen LogP contribution >= 0.6 is 0 Å². The Morgan fingerprint density at radius 3 is 2.34 bits per heavy atom. The third kappa shape index (κ3) is 9.97. The second kappa shape index (κ2) is 13.7. The van der Waals surface area contributed by atoms with Gasteiger partial charge in [-0.3, -0.25) is 0 Å². The van der Waals surface area contributed by atoms with E-state index < -0.39 is 12.1 Å². The lowest BCUT2D eigenvalue weighted by atomic mass is 10.1. The first kappa shape index (κ1) is 28.2. The number of hydrogen-bond acceptors (Lipinski definition) is 7. The number of benzene rings is 1. The molecule has 194 valence electrons. The van der Waals surface area contributed by atoms with E-state index in [1.807, 2.05) is 31.2 Å². The Morgan fingerprint density at radius 1 is 1.17 bits per heavy atom. The number of carbonyl (C=O) groups is 1. The Morgan fingerprint density at radius 2 is 1.80 bits per heavy atom. The molecule has 1 aliphatic rings. The second-order valence-electron chi connectivity index (χ2n) is 8.18. The number of aromatic nitrogens is 2. The standard InChI is InChI=1S/C22H33N5O.C2HF3O2/c1-4-27(16-8-15-26-13-6-5-7-14-26)21-17-18(2)23-22(25-21)24-19-9-11-20(28-3)12-10-19;3-2(4,5)1(6)7/h9-12,17H,4-8,13-16H2,1-3H3,(H,23,24,25);(H,6,7). The molecule has 2 aromatic rings. The average molecular weight is 498 g/mol. The summed E-state index contributed by atoms with van der Waals surface area (Å²) in [5.41, 5.74) is 1.92. The van der Waals surface area contributed by atoms with Gasteiger partial charge in [0.25, 0.3) is 0 Å². The topological polar surface area (TPSA) is 90.8 Å². The van der Waals surface area contributed by atoms with Crippen LogP contribution in [0.1, 0.15) is 38.3 Å². The van der Waals surface area contributed by atoms with Crippen LogP contribution in [0.4, 0.5) is 30.6 Å². The Balaban J connectivity index is 0.000000540. The van der Waals surface area contributed by atoms with Crippen LogP contribution in [0.25, 0.3) is 0 Å². The van der Waals surface area contributed by atoms with Crippen LogP contribution < -0.4 is 15.0 Å². The quantitative estimate of drug-likeness (QED) is 0.507. The number of nitrogens with one attached hydrogen (secondary N) is 1. The van der Waals surface area contributed by atoms with E-state index in [9.17, 15) is 13.2 Å². The van der Waals surface area contributed by atoms with Crippen LogP contribution in [0.5, 0.6) is 5.75 Å². The summed E-state index contributed by atoms with van der Waals surface area (Å²) in [6.07, 6.45) is 0.172. The van der Waals surface area contributed by atoms with Gasteiger partial charge in [0.2, 0.25) is 5.95 Å². The van der Waals surface area contributed by atoms with Gasteiger partial charge in [0, 0.05) is 30.5 Å². The molecular weight excluding hydrogens is 463 g/mol. The van der Waals surface area contributed by atoms with E-state index in [1.54, 1.807) is 7.11 Å². The first-order valence-corrected chi connectivity index (χ1v) is 11.7. The van der Waals surface area contributed by atoms with E-state index in [4.69, 9.17) is 19.6 Å². The van der Waals surface area contributed by atoms with Crippen molar-refractivity contribution in [3.63, 3.8) is 0 Å². The van der Waals surface area contributed by atoms with Crippen LogP contribution in [0.3, 0.4) is 0 Å². The molecule has 1 aromatic carbocycles. The number of carboxylic acids is 1. The Kier molecular flexibility index (Phi) is 11.0. The normalized spacial score (nSPS) is 14.0. The van der Waals surface area contributed by atoms with Gasteiger partial charge in [-0.2, -0.15) is 18.2 Å². The molecule has 11 heteroatoms. The van der Waals surface area contributed by atoms with Gasteiger partial charge in [-0.05, 0) is 77.0 Å². The predicted molar refractivity (Wildman–Crippen MR) is 130 cm³/mol. The number of methoxy groups -OCH3 is 1. The van der Waals surface area contributed by atoms with Gasteiger partial charge in [0.1, 0.15) is 11.6 Å². The summed E-state index contributed by atoms with van der Waals surface area (Å²) in [7, 11) is 1.67. The van der Waals surface area contributed by atoms with Crippen LogP contribution in [0.2, 0.25) is 0 Å². The number of rotatable bonds is 9. The fourth-order valence-electron chi connectivity index (χ4n) is 3.68. The highest BCUT2D eigenvalue weighted by atomic mass is 19.4. The summed E-state index contributed by atoms with van der Waals surface area (Å²) in [5.74, 6) is -0.297. The molecule has 0 atom stereocenters. The number of piperidine rings is 1. The number of likely N-dealkylation sites (tertiary alicyclic amines) is 1. The number of halogens is 3. The number of alkyl halides is 3. The minimum atomic E-state index is -5.08. The maximum Gasteiger partial charge on any atom is 0.490 e. The van der Waals surface area contributed by atoms with Crippen molar-refractivity contribution in [2.75, 3.05) is 50.1 Å². The van der Waals surface area contributed by atoms with Crippen molar-refractivity contribution in [2.24, 2.45) is 0 Å². The molecule has 1 fully saturated rings. The highest BCUT2D eigenvalue weighted by Crippen LogP contribution is 2.21. The van der Waals surface area contributed by atoms with Gasteiger partial charge in [0.05, 0.1) is 7.11 Å². The molecule has 1 aromatic heterocycles. The highest BCUT2D eigenvalue weighted by molar-refractivity contribution is 5.73. The number of carboxylic acid groups (broad SMARTS) is 1. The van der Waals surface area contributed by atoms with E-state index in [1.165, 1.54) is 38.9 Å². The third-order valence-electron chi connectivity index (χ3n) is 5.49. The molecule has 8 nitrogen and oxygen atoms in total. The largest absolute Gasteiger partial charge is 0.497 e. The first-order chi connectivity index (χ1) is 16.6. The van der Waals surface area contributed by atoms with Crippen molar-refractivity contribution in [1.29, 1.82) is 0 Å². The molecule has 0 saturated carbocycles. The van der Waals surface area contributed by atoms with Crippen LogP contribution in [0.15, 0.2) is 30.3 Å². The molecule has 0 amide bonds. The van der Waals surface area contributed by atoms with Crippen molar-refractivity contribution < 1.29 is 27.8 Å². The molecule has 2 heterocycles. The minimum Gasteiger partial charge on any atom is -0.497 e. The highest BCUT2D eigenvalue weighted by Gasteiger charge is 2.38. The van der Waals surface area contributed by atoms with Crippen molar-refractivity contribution >= 4 is 23.4 Å². The first-order valence-electron chi connectivity index (χ1n) is 11.7. The van der Waals surface area contributed by atoms with Crippen molar-refractivity contribution in [3.05, 3.63) is 36.0 Å². The molecule has 35 heavy (non-hydrogen) atoms. The summed E-state index contributed by atoms with van der Waals surface area (Å²) in [6.45, 7) is 9.87. The summed E-state index contributed by atoms with van der Waals surface area (Å²) < 4.78 is 37.0. The number of nitrogens with zero attached hydrogens (tertiary/aromatic N) is 4. The smallest absolute Gasteiger partial charge is 0.490 e. The third-order valence-corrected chi connectivity index (χ3v) is 5.49. The monoisotopic (exact) mass is 497 g/mol. The van der Waals surface area contributed by atoms with E-state index >= 15 is 0 Å². The minimum absolute atomic E-state index is 0.634. The fourth-order valence-corrected chi connectivity index (χ4v) is 3.68. The number of ether oxygens (including phenoxy) is 1. The maximum atomic E-state index is 10.6. The Hall–Kier alpha value is -3.08. The van der Waals surface area contributed by atoms with E-state index in [2.05, 4.69) is 33.1 Å². The van der Waals surface area contributed by atoms with Gasteiger partial charge in [0.15, 0.2) is 0 Å². The zero-order valence-corrected chi connectivity index (χ0v) is 20.4. The summed E-state index contributed by atoms with van der Waals surface area (Å²) in [6, 6.07) is 9.88. The molecule has 0 unspecified atom stereocenters. The number of anilines is 3. The van der Waals surface area contributed by atoms with E-state index in [0.717, 1.165) is 42.5 Å². The lowest BCUT2D eigenvalue weighted by Gasteiger charge is -2.28. The molecule has 0 radical (unpaired) electrons. The van der Waals surface area contributed by atoms with Crippen LogP contribution in [-0.2, 0) is 4.79 Å². The predicted octanol–water partition coefficient (Wildman–Crippen LogP) is 4.87. The Bertz CT molecular complexity index is 920. The molecule has 3 rings (SSSR count). The van der Waals surface area contributed by atoms with Crippen LogP contribution in [0, 0.1) is 6.92 Å². The zero-order chi connectivity index (χ0) is 25.8. The van der Waals surface area contributed by atoms with Crippen LogP contribution in [-0.4, -0.2) is 72.0 Å². The average Bonchev–Trinajstić information content (AvgIpc) is 2.82. The van der Waals surface area contributed by atoms with E-state index in [0.29, 0.717) is 5.95 Å². The second-order valence-corrected chi connectivity index (χ2v) is 8.18. The van der Waals surface area contributed by atoms with Gasteiger partial charge in [-0.25, -0.2) is 9.78 Å². The van der Waals surface area contributed by atoms with Gasteiger partial charge in [-0.15, -0.1) is 0 Å². The molecule has 0 bridgehead atoms. The summed E-state index contributed by atoms with van der Waals surface area (Å²) >= 11 is 0. The molecule has 0 aliphatic carbocycles. The number of aryl methyl sites for hydroxylation is 1. The van der Waals surface area contributed by atoms with E-state index in [-0.39, 0.29) is 0 Å². The fraction of sp³-hybridized carbons (Fsp3) is 0.542. The van der Waals surface area contributed by atoms with Crippen molar-refractivity contribution in [1.82, 2.24) is 14.9 Å². The summed E-state index contributed by atoms with van der Waals surface area (Å²) in [5, 5.41) is 10.4. The lowest BCUT2D eigenvalue weighted by molar-refractivity contribution is -0.192.